The van der Waals surface area contributed by atoms with Crippen LogP contribution in [0.3, 0.4) is 0 Å². The lowest BCUT2D eigenvalue weighted by molar-refractivity contribution is -0.132. The standard InChI is InChI=1S/C10H13F2NO3/c1-7(9(14)15)4-5-8(13-3)16-6-10(2,11)12/h4-5H,3,6H2,1-2H3,(H,14,15)/b7-4+,8-5+. The van der Waals surface area contributed by atoms with Crippen molar-refractivity contribution in [1.82, 2.24) is 0 Å². The number of nitrogens with zero attached hydrogens (tertiary/aromatic N) is 1. The number of hydrogen-bond acceptors (Lipinski definition) is 3. The van der Waals surface area contributed by atoms with Gasteiger partial charge in [-0.25, -0.2) is 18.6 Å². The molecule has 0 aromatic carbocycles. The van der Waals surface area contributed by atoms with Crippen LogP contribution in [0.4, 0.5) is 8.78 Å². The molecule has 0 atom stereocenters. The minimum Gasteiger partial charge on any atom is -0.478 e. The molecular weight excluding hydrogens is 220 g/mol. The maximum atomic E-state index is 12.4. The van der Waals surface area contributed by atoms with E-state index in [1.54, 1.807) is 0 Å². The Hall–Kier alpha value is -1.72. The third-order valence-electron chi connectivity index (χ3n) is 1.44. The molecule has 0 aromatic rings. The highest BCUT2D eigenvalue weighted by Gasteiger charge is 2.22. The lowest BCUT2D eigenvalue weighted by Gasteiger charge is -2.11. The molecule has 0 bridgehead atoms. The highest BCUT2D eigenvalue weighted by Crippen LogP contribution is 2.14. The van der Waals surface area contributed by atoms with Gasteiger partial charge >= 0.3 is 5.97 Å². The summed E-state index contributed by atoms with van der Waals surface area (Å²) in [6, 6.07) is 0. The van der Waals surface area contributed by atoms with Crippen LogP contribution in [0.2, 0.25) is 0 Å². The Balaban J connectivity index is 4.51. The Bertz CT molecular complexity index is 329. The first kappa shape index (κ1) is 14.3. The number of hydrogen-bond donors (Lipinski definition) is 1. The Morgan fingerprint density at radius 2 is 2.12 bits per heavy atom. The summed E-state index contributed by atoms with van der Waals surface area (Å²) in [5, 5.41) is 8.52. The molecular formula is C10H13F2NO3. The first-order chi connectivity index (χ1) is 7.26. The molecule has 6 heteroatoms. The molecule has 0 aromatic heterocycles. The molecule has 0 aliphatic carbocycles. The molecule has 0 unspecified atom stereocenters. The first-order valence-electron chi connectivity index (χ1n) is 4.35. The summed E-state index contributed by atoms with van der Waals surface area (Å²) in [7, 11) is 0. The second-order valence-electron chi connectivity index (χ2n) is 3.18. The van der Waals surface area contributed by atoms with E-state index in [2.05, 4.69) is 16.4 Å². The summed E-state index contributed by atoms with van der Waals surface area (Å²) in [6.45, 7) is 4.34. The van der Waals surface area contributed by atoms with Crippen LogP contribution in [0.1, 0.15) is 13.8 Å². The van der Waals surface area contributed by atoms with Gasteiger partial charge in [-0.1, -0.05) is 0 Å². The van der Waals surface area contributed by atoms with E-state index in [-0.39, 0.29) is 11.5 Å². The van der Waals surface area contributed by atoms with Crippen molar-refractivity contribution >= 4 is 12.7 Å². The smallest absolute Gasteiger partial charge is 0.331 e. The average molecular weight is 233 g/mol. The van der Waals surface area contributed by atoms with Crippen LogP contribution in [0, 0.1) is 0 Å². The zero-order valence-corrected chi connectivity index (χ0v) is 9.04. The molecule has 0 saturated carbocycles. The molecule has 0 rings (SSSR count). The largest absolute Gasteiger partial charge is 0.478 e. The summed E-state index contributed by atoms with van der Waals surface area (Å²) in [5.41, 5.74) is 0.0352. The van der Waals surface area contributed by atoms with Crippen molar-refractivity contribution in [2.45, 2.75) is 19.8 Å². The Labute approximate surface area is 91.9 Å². The fourth-order valence-electron chi connectivity index (χ4n) is 0.615. The van der Waals surface area contributed by atoms with Crippen molar-refractivity contribution < 1.29 is 23.4 Å². The molecule has 0 heterocycles. The Morgan fingerprint density at radius 3 is 2.50 bits per heavy atom. The number of ether oxygens (including phenoxy) is 1. The van der Waals surface area contributed by atoms with E-state index < -0.39 is 18.5 Å². The van der Waals surface area contributed by atoms with E-state index >= 15 is 0 Å². The van der Waals surface area contributed by atoms with E-state index in [4.69, 9.17) is 5.11 Å². The molecule has 0 fully saturated rings. The first-order valence-corrected chi connectivity index (χ1v) is 4.35. The van der Waals surface area contributed by atoms with Gasteiger partial charge in [0.2, 0.25) is 5.88 Å². The second kappa shape index (κ2) is 5.99. The number of carboxylic acid groups (broad SMARTS) is 1. The normalized spacial score (nSPS) is 13.5. The number of carbonyl (C=O) groups is 1. The van der Waals surface area contributed by atoms with Crippen molar-refractivity contribution in [3.63, 3.8) is 0 Å². The van der Waals surface area contributed by atoms with Crippen molar-refractivity contribution in [2.24, 2.45) is 4.99 Å². The number of carboxylic acids is 1. The molecule has 0 spiro atoms. The third-order valence-corrected chi connectivity index (χ3v) is 1.44. The van der Waals surface area contributed by atoms with Gasteiger partial charge < -0.3 is 9.84 Å². The van der Waals surface area contributed by atoms with E-state index in [9.17, 15) is 13.6 Å². The van der Waals surface area contributed by atoms with Gasteiger partial charge in [-0.2, -0.15) is 0 Å². The molecule has 0 aliphatic rings. The van der Waals surface area contributed by atoms with Crippen molar-refractivity contribution in [2.75, 3.05) is 6.61 Å². The minimum atomic E-state index is -2.98. The number of aliphatic imine (C=N–C) groups is 1. The van der Waals surface area contributed by atoms with Crippen LogP contribution in [-0.4, -0.2) is 30.3 Å². The average Bonchev–Trinajstić information content (AvgIpc) is 2.15. The zero-order valence-electron chi connectivity index (χ0n) is 9.04. The lowest BCUT2D eigenvalue weighted by atomic mass is 10.3. The lowest BCUT2D eigenvalue weighted by Crippen LogP contribution is -2.18. The maximum Gasteiger partial charge on any atom is 0.331 e. The fraction of sp³-hybridized carbons (Fsp3) is 0.400. The van der Waals surface area contributed by atoms with Crippen LogP contribution in [0.25, 0.3) is 0 Å². The Morgan fingerprint density at radius 1 is 1.56 bits per heavy atom. The molecule has 0 amide bonds. The molecule has 1 N–H and O–H groups in total. The van der Waals surface area contributed by atoms with Gasteiger partial charge in [0.1, 0.15) is 0 Å². The molecule has 4 nitrogen and oxygen atoms in total. The van der Waals surface area contributed by atoms with E-state index in [1.165, 1.54) is 19.1 Å². The summed E-state index contributed by atoms with van der Waals surface area (Å²) >= 11 is 0. The number of aliphatic carboxylic acids is 1. The van der Waals surface area contributed by atoms with Crippen LogP contribution in [-0.2, 0) is 9.53 Å². The van der Waals surface area contributed by atoms with Gasteiger partial charge in [-0.05, 0) is 19.7 Å². The SMILES string of the molecule is C=N/C(=C\C=C(/C)C(=O)O)OCC(C)(F)F. The van der Waals surface area contributed by atoms with Gasteiger partial charge in [0.05, 0.1) is 0 Å². The summed E-state index contributed by atoms with van der Waals surface area (Å²) in [4.78, 5) is 13.8. The van der Waals surface area contributed by atoms with Gasteiger partial charge in [0, 0.05) is 18.6 Å². The number of alkyl halides is 2. The summed E-state index contributed by atoms with van der Waals surface area (Å²) in [5.74, 6) is -4.24. The van der Waals surface area contributed by atoms with Crippen LogP contribution in [0.15, 0.2) is 28.6 Å². The van der Waals surface area contributed by atoms with Gasteiger partial charge in [-0.15, -0.1) is 0 Å². The van der Waals surface area contributed by atoms with E-state index in [0.717, 1.165) is 0 Å². The quantitative estimate of drug-likeness (QED) is 0.331. The zero-order chi connectivity index (χ0) is 12.8. The molecule has 0 radical (unpaired) electrons. The maximum absolute atomic E-state index is 12.4. The van der Waals surface area contributed by atoms with Crippen LogP contribution in [0.5, 0.6) is 0 Å². The predicted molar refractivity (Wildman–Crippen MR) is 55.6 cm³/mol. The molecule has 16 heavy (non-hydrogen) atoms. The monoisotopic (exact) mass is 233 g/mol. The van der Waals surface area contributed by atoms with Crippen LogP contribution >= 0.6 is 0 Å². The number of allylic oxidation sites excluding steroid dienone is 2. The minimum absolute atomic E-state index is 0.0352. The van der Waals surface area contributed by atoms with E-state index in [0.29, 0.717) is 6.92 Å². The summed E-state index contributed by atoms with van der Waals surface area (Å²) in [6.07, 6.45) is 2.36. The highest BCUT2D eigenvalue weighted by molar-refractivity contribution is 5.86. The van der Waals surface area contributed by atoms with Crippen molar-refractivity contribution in [1.29, 1.82) is 0 Å². The van der Waals surface area contributed by atoms with Crippen molar-refractivity contribution in [3.8, 4) is 0 Å². The second-order valence-corrected chi connectivity index (χ2v) is 3.18. The highest BCUT2D eigenvalue weighted by atomic mass is 19.3. The fourth-order valence-corrected chi connectivity index (χ4v) is 0.615. The molecule has 0 saturated heterocycles. The van der Waals surface area contributed by atoms with Gasteiger partial charge in [0.15, 0.2) is 6.61 Å². The Kier molecular flexibility index (Phi) is 5.35. The molecule has 90 valence electrons. The van der Waals surface area contributed by atoms with E-state index in [1.807, 2.05) is 0 Å². The van der Waals surface area contributed by atoms with Gasteiger partial charge in [0.25, 0.3) is 5.92 Å². The topological polar surface area (TPSA) is 58.9 Å². The van der Waals surface area contributed by atoms with Crippen molar-refractivity contribution in [3.05, 3.63) is 23.6 Å². The predicted octanol–water partition coefficient (Wildman–Crippen LogP) is 2.23. The third kappa shape index (κ3) is 6.69. The van der Waals surface area contributed by atoms with Gasteiger partial charge in [-0.3, -0.25) is 0 Å². The number of halogens is 2. The molecule has 0 aliphatic heterocycles. The summed E-state index contributed by atoms with van der Waals surface area (Å²) < 4.78 is 29.5. The number of rotatable bonds is 6. The van der Waals surface area contributed by atoms with Crippen LogP contribution < -0.4 is 0 Å².